The van der Waals surface area contributed by atoms with Crippen molar-refractivity contribution in [3.63, 3.8) is 0 Å². The number of amides is 2. The molecule has 0 aliphatic rings. The van der Waals surface area contributed by atoms with Gasteiger partial charge in [0.2, 0.25) is 17.7 Å². The first-order valence-electron chi connectivity index (χ1n) is 9.21. The molecule has 0 saturated carbocycles. The van der Waals surface area contributed by atoms with Crippen LogP contribution in [-0.4, -0.2) is 28.1 Å². The van der Waals surface area contributed by atoms with Crippen LogP contribution in [0.1, 0.15) is 16.7 Å². The van der Waals surface area contributed by atoms with Crippen LogP contribution < -0.4 is 16.4 Å². The molecule has 156 valence electrons. The van der Waals surface area contributed by atoms with Gasteiger partial charge >= 0.3 is 5.76 Å². The zero-order valence-electron chi connectivity index (χ0n) is 16.8. The highest BCUT2D eigenvalue weighted by atomic mass is 19.1. The van der Waals surface area contributed by atoms with Crippen molar-refractivity contribution in [2.75, 3.05) is 11.9 Å². The molecular weight excluding hydrogens is 391 g/mol. The number of halogens is 1. The van der Waals surface area contributed by atoms with Crippen LogP contribution in [0.15, 0.2) is 45.6 Å². The number of benzene rings is 2. The van der Waals surface area contributed by atoms with Crippen LogP contribution in [-0.2, 0) is 16.1 Å². The molecule has 8 nitrogen and oxygen atoms in total. The van der Waals surface area contributed by atoms with Crippen molar-refractivity contribution in [2.45, 2.75) is 27.3 Å². The summed E-state index contributed by atoms with van der Waals surface area (Å²) in [5, 5.41) is 9.15. The molecule has 0 atom stereocenters. The third-order valence-corrected chi connectivity index (χ3v) is 4.38. The van der Waals surface area contributed by atoms with E-state index in [9.17, 15) is 18.8 Å². The molecule has 0 radical (unpaired) electrons. The van der Waals surface area contributed by atoms with Gasteiger partial charge in [0.25, 0.3) is 0 Å². The van der Waals surface area contributed by atoms with E-state index in [4.69, 9.17) is 4.42 Å². The lowest BCUT2D eigenvalue weighted by atomic mass is 10.1. The summed E-state index contributed by atoms with van der Waals surface area (Å²) in [6.07, 6.45) is 0. The van der Waals surface area contributed by atoms with E-state index in [2.05, 4.69) is 15.7 Å². The van der Waals surface area contributed by atoms with Crippen LogP contribution >= 0.6 is 0 Å². The van der Waals surface area contributed by atoms with Gasteiger partial charge in [-0.05, 0) is 56.2 Å². The van der Waals surface area contributed by atoms with Crippen LogP contribution in [0.3, 0.4) is 0 Å². The predicted molar refractivity (Wildman–Crippen MR) is 108 cm³/mol. The van der Waals surface area contributed by atoms with Crippen molar-refractivity contribution in [1.29, 1.82) is 0 Å². The first-order valence-corrected chi connectivity index (χ1v) is 9.21. The summed E-state index contributed by atoms with van der Waals surface area (Å²) in [6.45, 7) is 5.08. The van der Waals surface area contributed by atoms with Gasteiger partial charge in [-0.15, -0.1) is 5.10 Å². The van der Waals surface area contributed by atoms with E-state index in [0.29, 0.717) is 11.3 Å². The second-order valence-corrected chi connectivity index (χ2v) is 6.94. The molecule has 2 amide bonds. The number of aryl methyl sites for hydroxylation is 3. The maximum atomic E-state index is 13.0. The summed E-state index contributed by atoms with van der Waals surface area (Å²) < 4.78 is 18.8. The number of aromatic nitrogens is 2. The Kier molecular flexibility index (Phi) is 6.10. The topological polar surface area (TPSA) is 106 Å². The number of carbonyl (C=O) groups is 2. The van der Waals surface area contributed by atoms with Gasteiger partial charge in [-0.3, -0.25) is 9.59 Å². The second-order valence-electron chi connectivity index (χ2n) is 6.94. The van der Waals surface area contributed by atoms with Gasteiger partial charge in [0.15, 0.2) is 0 Å². The standard InChI is InChI=1S/C21H21FN4O4/c1-12-8-13(2)19(14(3)9-12)24-17(27)10-23-18(28)11-26-21(29)30-20(25-26)15-4-6-16(22)7-5-15/h4-9H,10-11H2,1-3H3,(H,23,28)(H,24,27). The number of carbonyl (C=O) groups excluding carboxylic acids is 2. The van der Waals surface area contributed by atoms with E-state index in [-0.39, 0.29) is 12.4 Å². The number of anilines is 1. The van der Waals surface area contributed by atoms with Gasteiger partial charge in [0.1, 0.15) is 12.4 Å². The normalized spacial score (nSPS) is 10.7. The quantitative estimate of drug-likeness (QED) is 0.646. The fraction of sp³-hybridized carbons (Fsp3) is 0.238. The highest BCUT2D eigenvalue weighted by Crippen LogP contribution is 2.21. The summed E-state index contributed by atoms with van der Waals surface area (Å²) >= 11 is 0. The number of nitrogens with zero attached hydrogens (tertiary/aromatic N) is 2. The van der Waals surface area contributed by atoms with E-state index in [1.807, 2.05) is 32.9 Å². The Morgan fingerprint density at radius 3 is 2.33 bits per heavy atom. The van der Waals surface area contributed by atoms with Crippen molar-refractivity contribution < 1.29 is 18.4 Å². The smallest absolute Gasteiger partial charge is 0.388 e. The number of hydrogen-bond acceptors (Lipinski definition) is 5. The van der Waals surface area contributed by atoms with Crippen LogP contribution in [0.2, 0.25) is 0 Å². The average Bonchev–Trinajstić information content (AvgIpc) is 3.04. The molecule has 0 unspecified atom stereocenters. The third-order valence-electron chi connectivity index (χ3n) is 4.38. The lowest BCUT2D eigenvalue weighted by Gasteiger charge is -2.13. The largest absolute Gasteiger partial charge is 0.437 e. The lowest BCUT2D eigenvalue weighted by Crippen LogP contribution is -2.36. The number of nitrogens with one attached hydrogen (secondary N) is 2. The van der Waals surface area contributed by atoms with Crippen molar-refractivity contribution in [3.05, 3.63) is 69.5 Å². The summed E-state index contributed by atoms with van der Waals surface area (Å²) in [5.74, 6) is -2.27. The Labute approximate surface area is 171 Å². The van der Waals surface area contributed by atoms with Crippen molar-refractivity contribution in [3.8, 4) is 11.5 Å². The summed E-state index contributed by atoms with van der Waals surface area (Å²) in [4.78, 5) is 36.2. The van der Waals surface area contributed by atoms with Crippen LogP contribution in [0, 0.1) is 26.6 Å². The van der Waals surface area contributed by atoms with Gasteiger partial charge in [-0.25, -0.2) is 9.18 Å². The van der Waals surface area contributed by atoms with E-state index < -0.39 is 29.9 Å². The average molecular weight is 412 g/mol. The highest BCUT2D eigenvalue weighted by molar-refractivity contribution is 5.95. The molecule has 9 heteroatoms. The van der Waals surface area contributed by atoms with E-state index >= 15 is 0 Å². The Bertz CT molecular complexity index is 1130. The predicted octanol–water partition coefficient (Wildman–Crippen LogP) is 2.32. The van der Waals surface area contributed by atoms with Crippen LogP contribution in [0.4, 0.5) is 10.1 Å². The summed E-state index contributed by atoms with van der Waals surface area (Å²) in [7, 11) is 0. The summed E-state index contributed by atoms with van der Waals surface area (Å²) in [6, 6.07) is 9.14. The Morgan fingerprint density at radius 1 is 1.07 bits per heavy atom. The minimum absolute atomic E-state index is 0.0316. The lowest BCUT2D eigenvalue weighted by molar-refractivity contribution is -0.124. The molecule has 0 aliphatic carbocycles. The van der Waals surface area contributed by atoms with Gasteiger partial charge in [-0.1, -0.05) is 17.7 Å². The summed E-state index contributed by atoms with van der Waals surface area (Å²) in [5.41, 5.74) is 4.05. The molecule has 0 saturated heterocycles. The molecule has 1 aromatic heterocycles. The molecular formula is C21H21FN4O4. The first kappa shape index (κ1) is 21.0. The number of rotatable bonds is 6. The van der Waals surface area contributed by atoms with Crippen molar-refractivity contribution >= 4 is 17.5 Å². The third kappa shape index (κ3) is 4.99. The van der Waals surface area contributed by atoms with Crippen molar-refractivity contribution in [1.82, 2.24) is 15.1 Å². The number of hydrogen-bond donors (Lipinski definition) is 2. The maximum absolute atomic E-state index is 13.0. The van der Waals surface area contributed by atoms with E-state index in [1.54, 1.807) is 0 Å². The Balaban J connectivity index is 1.58. The van der Waals surface area contributed by atoms with E-state index in [0.717, 1.165) is 21.4 Å². The van der Waals surface area contributed by atoms with Gasteiger partial charge in [0.05, 0.1) is 6.54 Å². The molecule has 3 aromatic rings. The second kappa shape index (κ2) is 8.73. The molecule has 0 spiro atoms. The van der Waals surface area contributed by atoms with Crippen molar-refractivity contribution in [2.24, 2.45) is 0 Å². The molecule has 0 fully saturated rings. The zero-order valence-corrected chi connectivity index (χ0v) is 16.8. The van der Waals surface area contributed by atoms with E-state index in [1.165, 1.54) is 24.3 Å². The Morgan fingerprint density at radius 2 is 1.70 bits per heavy atom. The SMILES string of the molecule is Cc1cc(C)c(NC(=O)CNC(=O)Cn2nc(-c3ccc(F)cc3)oc2=O)c(C)c1. The zero-order chi connectivity index (χ0) is 21.8. The van der Waals surface area contributed by atoms with Gasteiger partial charge in [-0.2, -0.15) is 4.68 Å². The molecule has 2 N–H and O–H groups in total. The van der Waals surface area contributed by atoms with Gasteiger partial charge < -0.3 is 15.1 Å². The van der Waals surface area contributed by atoms with Crippen LogP contribution in [0.25, 0.3) is 11.5 Å². The Hall–Kier alpha value is -3.75. The molecule has 3 rings (SSSR count). The first-order chi connectivity index (χ1) is 14.2. The minimum atomic E-state index is -0.833. The molecule has 2 aromatic carbocycles. The molecule has 1 heterocycles. The van der Waals surface area contributed by atoms with Gasteiger partial charge in [0, 0.05) is 11.3 Å². The maximum Gasteiger partial charge on any atom is 0.437 e. The molecule has 30 heavy (non-hydrogen) atoms. The highest BCUT2D eigenvalue weighted by Gasteiger charge is 2.15. The fourth-order valence-electron chi connectivity index (χ4n) is 3.05. The molecule has 0 aliphatic heterocycles. The minimum Gasteiger partial charge on any atom is -0.388 e. The fourth-order valence-corrected chi connectivity index (χ4v) is 3.05. The monoisotopic (exact) mass is 412 g/mol. The van der Waals surface area contributed by atoms with Crippen LogP contribution in [0.5, 0.6) is 0 Å². The molecule has 0 bridgehead atoms.